The van der Waals surface area contributed by atoms with Gasteiger partial charge in [-0.05, 0) is 21.0 Å². The molecular formula is C7H16N2O. The third-order valence-corrected chi connectivity index (χ3v) is 2.17. The number of nitrogens with zero attached hydrogens (tertiary/aromatic N) is 2. The van der Waals surface area contributed by atoms with Crippen LogP contribution >= 0.6 is 0 Å². The molecule has 1 fully saturated rings. The molecule has 0 aliphatic carbocycles. The molecule has 1 rings (SSSR count). The number of β-amino-alcohol motifs (C(OH)–C–C–N with tert-alkyl or cyclic N) is 1. The Labute approximate surface area is 62.2 Å². The maximum Gasteiger partial charge on any atom is 0.0795 e. The molecule has 1 unspecified atom stereocenters. The normalized spacial score (nSPS) is 24.9. The molecule has 3 nitrogen and oxygen atoms in total. The van der Waals surface area contributed by atoms with E-state index in [1.807, 2.05) is 0 Å². The molecular weight excluding hydrogens is 128 g/mol. The third-order valence-electron chi connectivity index (χ3n) is 2.17. The minimum Gasteiger partial charge on any atom is -0.390 e. The highest BCUT2D eigenvalue weighted by atomic mass is 16.3. The lowest BCUT2D eigenvalue weighted by atomic mass is 10.1. The summed E-state index contributed by atoms with van der Waals surface area (Å²) in [4.78, 5) is 4.39. The summed E-state index contributed by atoms with van der Waals surface area (Å²) in [6.07, 6.45) is 0.380. The van der Waals surface area contributed by atoms with Crippen LogP contribution in [0.1, 0.15) is 6.92 Å². The summed E-state index contributed by atoms with van der Waals surface area (Å²) < 4.78 is 0. The number of aliphatic hydroxyl groups is 1. The minimum absolute atomic E-state index is 0.0811. The topological polar surface area (TPSA) is 26.7 Å². The minimum atomic E-state index is -0.0811. The fourth-order valence-electron chi connectivity index (χ4n) is 1.12. The molecule has 1 N–H and O–H groups in total. The summed E-state index contributed by atoms with van der Waals surface area (Å²) in [5, 5.41) is 8.99. The first kappa shape index (κ1) is 7.98. The Hall–Kier alpha value is -0.120. The van der Waals surface area contributed by atoms with Crippen molar-refractivity contribution < 1.29 is 5.11 Å². The zero-order valence-corrected chi connectivity index (χ0v) is 6.91. The summed E-state index contributed by atoms with van der Waals surface area (Å²) in [5.74, 6) is 0. The van der Waals surface area contributed by atoms with Crippen LogP contribution in [-0.4, -0.2) is 54.4 Å². The van der Waals surface area contributed by atoms with E-state index in [9.17, 15) is 0 Å². The molecule has 1 aliphatic heterocycles. The maximum atomic E-state index is 8.99. The number of likely N-dealkylation sites (tertiary alicyclic amines) is 1. The van der Waals surface area contributed by atoms with Crippen LogP contribution in [-0.2, 0) is 0 Å². The Kier molecular flexibility index (Phi) is 2.28. The molecule has 0 bridgehead atoms. The van der Waals surface area contributed by atoms with Gasteiger partial charge in [0, 0.05) is 13.1 Å². The molecule has 1 saturated heterocycles. The van der Waals surface area contributed by atoms with E-state index in [0.717, 1.165) is 13.1 Å². The van der Waals surface area contributed by atoms with E-state index in [1.54, 1.807) is 0 Å². The first-order valence-electron chi connectivity index (χ1n) is 3.70. The molecule has 0 amide bonds. The number of hydrogen-bond donors (Lipinski definition) is 1. The predicted octanol–water partition coefficient (Wildman–Crippen LogP) is -0.430. The summed E-state index contributed by atoms with van der Waals surface area (Å²) >= 11 is 0. The average molecular weight is 144 g/mol. The van der Waals surface area contributed by atoms with Gasteiger partial charge < -0.3 is 5.11 Å². The highest BCUT2D eigenvalue weighted by Crippen LogP contribution is 2.12. The van der Waals surface area contributed by atoms with Crippen molar-refractivity contribution in [1.29, 1.82) is 0 Å². The van der Waals surface area contributed by atoms with Gasteiger partial charge in [-0.2, -0.15) is 0 Å². The van der Waals surface area contributed by atoms with Crippen LogP contribution < -0.4 is 0 Å². The Bertz CT molecular complexity index is 110. The van der Waals surface area contributed by atoms with E-state index >= 15 is 0 Å². The van der Waals surface area contributed by atoms with Crippen molar-refractivity contribution >= 4 is 0 Å². The molecule has 1 heterocycles. The van der Waals surface area contributed by atoms with Crippen LogP contribution in [0.3, 0.4) is 0 Å². The fourth-order valence-corrected chi connectivity index (χ4v) is 1.12. The molecule has 3 heteroatoms. The molecule has 0 aromatic carbocycles. The number of hydrogen-bond acceptors (Lipinski definition) is 3. The van der Waals surface area contributed by atoms with Gasteiger partial charge in [-0.15, -0.1) is 0 Å². The Morgan fingerprint density at radius 3 is 2.30 bits per heavy atom. The van der Waals surface area contributed by atoms with Crippen LogP contribution in [0.25, 0.3) is 0 Å². The Morgan fingerprint density at radius 1 is 1.50 bits per heavy atom. The molecule has 1 aliphatic rings. The molecule has 60 valence electrons. The van der Waals surface area contributed by atoms with Gasteiger partial charge >= 0.3 is 0 Å². The van der Waals surface area contributed by atoms with Gasteiger partial charge in [0.25, 0.3) is 0 Å². The van der Waals surface area contributed by atoms with E-state index in [0.29, 0.717) is 6.17 Å². The summed E-state index contributed by atoms with van der Waals surface area (Å²) in [5.41, 5.74) is 0. The Balaban J connectivity index is 2.24. The van der Waals surface area contributed by atoms with Gasteiger partial charge in [0.05, 0.1) is 12.3 Å². The van der Waals surface area contributed by atoms with Gasteiger partial charge in [-0.25, -0.2) is 0 Å². The molecule has 1 atom stereocenters. The highest BCUT2D eigenvalue weighted by molar-refractivity contribution is 4.81. The quantitative estimate of drug-likeness (QED) is 0.569. The Morgan fingerprint density at radius 2 is 2.00 bits per heavy atom. The van der Waals surface area contributed by atoms with Gasteiger partial charge in [0.15, 0.2) is 0 Å². The molecule has 0 aromatic rings. The maximum absolute atomic E-state index is 8.99. The van der Waals surface area contributed by atoms with Crippen LogP contribution in [0.5, 0.6) is 0 Å². The molecule has 0 radical (unpaired) electrons. The fraction of sp³-hybridized carbons (Fsp3) is 1.00. The van der Waals surface area contributed by atoms with E-state index < -0.39 is 0 Å². The SMILES string of the molecule is CC(N(C)C)N1CC(O)C1. The first-order valence-corrected chi connectivity index (χ1v) is 3.70. The highest BCUT2D eigenvalue weighted by Gasteiger charge is 2.28. The number of aliphatic hydroxyl groups excluding tert-OH is 1. The van der Waals surface area contributed by atoms with Gasteiger partial charge in [-0.3, -0.25) is 9.80 Å². The zero-order valence-electron chi connectivity index (χ0n) is 6.91. The van der Waals surface area contributed by atoms with E-state index in [4.69, 9.17) is 5.11 Å². The van der Waals surface area contributed by atoms with Crippen molar-refractivity contribution in [2.75, 3.05) is 27.2 Å². The van der Waals surface area contributed by atoms with Crippen molar-refractivity contribution in [3.8, 4) is 0 Å². The van der Waals surface area contributed by atoms with E-state index in [-0.39, 0.29) is 6.10 Å². The van der Waals surface area contributed by atoms with E-state index in [1.165, 1.54) is 0 Å². The van der Waals surface area contributed by atoms with Crippen LogP contribution in [0, 0.1) is 0 Å². The average Bonchev–Trinajstić information content (AvgIpc) is 1.79. The van der Waals surface area contributed by atoms with Crippen molar-refractivity contribution in [1.82, 2.24) is 9.80 Å². The van der Waals surface area contributed by atoms with Crippen molar-refractivity contribution in [3.63, 3.8) is 0 Å². The first-order chi connectivity index (χ1) is 4.61. The summed E-state index contributed by atoms with van der Waals surface area (Å²) in [6.45, 7) is 3.81. The van der Waals surface area contributed by atoms with Gasteiger partial charge in [-0.1, -0.05) is 0 Å². The summed E-state index contributed by atoms with van der Waals surface area (Å²) in [6, 6.07) is 0. The van der Waals surface area contributed by atoms with Crippen molar-refractivity contribution in [3.05, 3.63) is 0 Å². The smallest absolute Gasteiger partial charge is 0.0795 e. The second kappa shape index (κ2) is 2.86. The largest absolute Gasteiger partial charge is 0.390 e. The lowest BCUT2D eigenvalue weighted by Gasteiger charge is -2.42. The number of rotatable bonds is 2. The summed E-state index contributed by atoms with van der Waals surface area (Å²) in [7, 11) is 4.10. The second-order valence-electron chi connectivity index (χ2n) is 3.20. The van der Waals surface area contributed by atoms with E-state index in [2.05, 4.69) is 30.8 Å². The van der Waals surface area contributed by atoms with Crippen molar-refractivity contribution in [2.24, 2.45) is 0 Å². The van der Waals surface area contributed by atoms with Crippen LogP contribution in [0.15, 0.2) is 0 Å². The van der Waals surface area contributed by atoms with Crippen LogP contribution in [0.4, 0.5) is 0 Å². The zero-order chi connectivity index (χ0) is 7.72. The monoisotopic (exact) mass is 144 g/mol. The van der Waals surface area contributed by atoms with Gasteiger partial charge in [0.2, 0.25) is 0 Å². The molecule has 0 aromatic heterocycles. The standard InChI is InChI=1S/C7H16N2O/c1-6(8(2)3)9-4-7(10)5-9/h6-7,10H,4-5H2,1-3H3. The molecule has 0 spiro atoms. The lowest BCUT2D eigenvalue weighted by molar-refractivity contribution is -0.0553. The second-order valence-corrected chi connectivity index (χ2v) is 3.20. The molecule has 10 heavy (non-hydrogen) atoms. The lowest BCUT2D eigenvalue weighted by Crippen LogP contribution is -2.58. The predicted molar refractivity (Wildman–Crippen MR) is 40.7 cm³/mol. The van der Waals surface area contributed by atoms with Crippen LogP contribution in [0.2, 0.25) is 0 Å². The van der Waals surface area contributed by atoms with Gasteiger partial charge in [0.1, 0.15) is 0 Å². The molecule has 0 saturated carbocycles. The third kappa shape index (κ3) is 1.48. The van der Waals surface area contributed by atoms with Crippen molar-refractivity contribution in [2.45, 2.75) is 19.2 Å².